The normalized spacial score (nSPS) is 17.1. The first-order valence-corrected chi connectivity index (χ1v) is 12.8. The highest BCUT2D eigenvalue weighted by Gasteiger charge is 2.28. The predicted octanol–water partition coefficient (Wildman–Crippen LogP) is 2.75. The number of nitrogens with zero attached hydrogens (tertiary/aromatic N) is 4. The lowest BCUT2D eigenvalue weighted by atomic mass is 10.1. The number of amides is 1. The van der Waals surface area contributed by atoms with E-state index in [2.05, 4.69) is 15.3 Å². The molecule has 1 N–H and O–H groups in total. The van der Waals surface area contributed by atoms with Gasteiger partial charge in [-0.25, -0.2) is 13.1 Å². The van der Waals surface area contributed by atoms with Gasteiger partial charge in [-0.05, 0) is 61.4 Å². The Balaban J connectivity index is 1.43. The van der Waals surface area contributed by atoms with E-state index in [0.29, 0.717) is 37.6 Å². The Morgan fingerprint density at radius 3 is 2.38 bits per heavy atom. The number of rotatable bonds is 6. The molecule has 2 aromatic carbocycles. The number of carbonyl (C=O) groups is 1. The third kappa shape index (κ3) is 4.56. The molecule has 0 unspecified atom stereocenters. The summed E-state index contributed by atoms with van der Waals surface area (Å²) in [4.78, 5) is 15.5. The summed E-state index contributed by atoms with van der Waals surface area (Å²) >= 11 is 0. The first-order valence-electron chi connectivity index (χ1n) is 11.4. The molecule has 34 heavy (non-hydrogen) atoms. The average Bonchev–Trinajstić information content (AvgIpc) is 3.59. The van der Waals surface area contributed by atoms with Crippen molar-refractivity contribution in [2.45, 2.75) is 17.7 Å². The van der Waals surface area contributed by atoms with Crippen LogP contribution in [-0.4, -0.2) is 67.8 Å². The number of sulfonamides is 1. The van der Waals surface area contributed by atoms with Crippen molar-refractivity contribution in [3.8, 4) is 5.69 Å². The zero-order valence-electron chi connectivity index (χ0n) is 18.8. The molecule has 1 aromatic heterocycles. The van der Waals surface area contributed by atoms with Crippen LogP contribution in [-0.2, 0) is 14.8 Å². The number of morpholine rings is 1. The van der Waals surface area contributed by atoms with Crippen LogP contribution in [0.25, 0.3) is 5.69 Å². The molecule has 3 heterocycles. The topological polar surface area (TPSA) is 96.8 Å². The van der Waals surface area contributed by atoms with E-state index in [-0.39, 0.29) is 10.8 Å². The number of carbonyl (C=O) groups excluding carboxylic acids is 1. The SMILES string of the molecule is O=C(Nc1cc(S(=O)(=O)N2CCOCC2)ccc1N1CCCC1)c1ccc(-n2cccn2)cc1. The van der Waals surface area contributed by atoms with Crippen LogP contribution in [0.2, 0.25) is 0 Å². The van der Waals surface area contributed by atoms with Crippen molar-refractivity contribution in [2.75, 3.05) is 49.6 Å². The number of aromatic nitrogens is 2. The van der Waals surface area contributed by atoms with E-state index in [1.807, 2.05) is 24.4 Å². The van der Waals surface area contributed by atoms with Crippen LogP contribution in [0.3, 0.4) is 0 Å². The monoisotopic (exact) mass is 481 g/mol. The van der Waals surface area contributed by atoms with Crippen LogP contribution in [0.1, 0.15) is 23.2 Å². The van der Waals surface area contributed by atoms with Gasteiger partial charge in [0, 0.05) is 44.1 Å². The van der Waals surface area contributed by atoms with Gasteiger partial charge in [0.25, 0.3) is 5.91 Å². The van der Waals surface area contributed by atoms with Gasteiger partial charge in [-0.15, -0.1) is 0 Å². The Bertz CT molecular complexity index is 1250. The zero-order valence-corrected chi connectivity index (χ0v) is 19.6. The summed E-state index contributed by atoms with van der Waals surface area (Å²) in [6.45, 7) is 3.14. The van der Waals surface area contributed by atoms with Gasteiger partial charge in [0.1, 0.15) is 0 Å². The first kappa shape index (κ1) is 22.6. The molecule has 10 heteroatoms. The highest BCUT2D eigenvalue weighted by molar-refractivity contribution is 7.89. The quantitative estimate of drug-likeness (QED) is 0.582. The van der Waals surface area contributed by atoms with E-state index < -0.39 is 10.0 Å². The molecule has 2 aliphatic heterocycles. The maximum absolute atomic E-state index is 13.2. The maximum atomic E-state index is 13.2. The molecule has 2 saturated heterocycles. The van der Waals surface area contributed by atoms with E-state index in [1.54, 1.807) is 41.2 Å². The standard InChI is InChI=1S/C24H27N5O4S/c30-24(19-4-6-20(7-5-19)29-13-3-10-25-29)26-22-18-21(8-9-23(22)27-11-1-2-12-27)34(31,32)28-14-16-33-17-15-28/h3-10,13,18H,1-2,11-12,14-17H2,(H,26,30). The smallest absolute Gasteiger partial charge is 0.255 e. The van der Waals surface area contributed by atoms with E-state index in [1.165, 1.54) is 4.31 Å². The number of anilines is 2. The van der Waals surface area contributed by atoms with E-state index in [0.717, 1.165) is 37.3 Å². The van der Waals surface area contributed by atoms with Crippen LogP contribution in [0.15, 0.2) is 65.8 Å². The maximum Gasteiger partial charge on any atom is 0.255 e. The van der Waals surface area contributed by atoms with E-state index >= 15 is 0 Å². The van der Waals surface area contributed by atoms with Crippen molar-refractivity contribution < 1.29 is 17.9 Å². The summed E-state index contributed by atoms with van der Waals surface area (Å²) in [6.07, 6.45) is 5.66. The number of hydrogen-bond acceptors (Lipinski definition) is 6. The van der Waals surface area contributed by atoms with E-state index in [9.17, 15) is 13.2 Å². The average molecular weight is 482 g/mol. The lowest BCUT2D eigenvalue weighted by Gasteiger charge is -2.27. The minimum Gasteiger partial charge on any atom is -0.379 e. The number of nitrogens with one attached hydrogen (secondary N) is 1. The minimum absolute atomic E-state index is 0.168. The second-order valence-electron chi connectivity index (χ2n) is 8.34. The highest BCUT2D eigenvalue weighted by Crippen LogP contribution is 2.33. The van der Waals surface area contributed by atoms with Crippen LogP contribution in [0.5, 0.6) is 0 Å². The number of hydrogen-bond donors (Lipinski definition) is 1. The fourth-order valence-electron chi connectivity index (χ4n) is 4.33. The summed E-state index contributed by atoms with van der Waals surface area (Å²) in [6, 6.07) is 14.0. The minimum atomic E-state index is -3.68. The third-order valence-electron chi connectivity index (χ3n) is 6.17. The third-order valence-corrected chi connectivity index (χ3v) is 8.06. The van der Waals surface area contributed by atoms with Gasteiger partial charge in [-0.2, -0.15) is 9.40 Å². The van der Waals surface area contributed by atoms with Crippen LogP contribution in [0.4, 0.5) is 11.4 Å². The Hall–Kier alpha value is -3.21. The van der Waals surface area contributed by atoms with Gasteiger partial charge in [-0.3, -0.25) is 4.79 Å². The van der Waals surface area contributed by atoms with Crippen LogP contribution < -0.4 is 10.2 Å². The molecule has 2 aliphatic rings. The Morgan fingerprint density at radius 2 is 1.71 bits per heavy atom. The Morgan fingerprint density at radius 1 is 0.971 bits per heavy atom. The summed E-state index contributed by atoms with van der Waals surface area (Å²) in [5.41, 5.74) is 2.65. The molecule has 0 bridgehead atoms. The number of ether oxygens (including phenoxy) is 1. The van der Waals surface area contributed by atoms with Crippen molar-refractivity contribution in [1.29, 1.82) is 0 Å². The van der Waals surface area contributed by atoms with E-state index in [4.69, 9.17) is 4.74 Å². The summed E-state index contributed by atoms with van der Waals surface area (Å²) in [5, 5.41) is 7.16. The second-order valence-corrected chi connectivity index (χ2v) is 10.3. The molecule has 0 radical (unpaired) electrons. The van der Waals surface area contributed by atoms with Gasteiger partial charge < -0.3 is 15.0 Å². The predicted molar refractivity (Wildman–Crippen MR) is 129 cm³/mol. The van der Waals surface area contributed by atoms with Crippen molar-refractivity contribution in [3.63, 3.8) is 0 Å². The van der Waals surface area contributed by atoms with Crippen LogP contribution >= 0.6 is 0 Å². The van der Waals surface area contributed by atoms with Crippen molar-refractivity contribution >= 4 is 27.3 Å². The van der Waals surface area contributed by atoms with Crippen molar-refractivity contribution in [3.05, 3.63) is 66.5 Å². The fourth-order valence-corrected chi connectivity index (χ4v) is 5.76. The lowest BCUT2D eigenvalue weighted by Crippen LogP contribution is -2.40. The fraction of sp³-hybridized carbons (Fsp3) is 0.333. The summed E-state index contributed by atoms with van der Waals surface area (Å²) in [7, 11) is -3.68. The Kier molecular flexibility index (Phi) is 6.36. The molecular formula is C24H27N5O4S. The molecule has 178 valence electrons. The second kappa shape index (κ2) is 9.57. The van der Waals surface area contributed by atoms with Crippen molar-refractivity contribution in [1.82, 2.24) is 14.1 Å². The molecule has 9 nitrogen and oxygen atoms in total. The van der Waals surface area contributed by atoms with Gasteiger partial charge in [0.15, 0.2) is 0 Å². The van der Waals surface area contributed by atoms with Gasteiger partial charge in [0.05, 0.1) is 35.2 Å². The molecule has 1 amide bonds. The molecule has 3 aromatic rings. The molecule has 0 atom stereocenters. The Labute approximate surface area is 199 Å². The molecule has 5 rings (SSSR count). The van der Waals surface area contributed by atoms with Crippen LogP contribution in [0, 0.1) is 0 Å². The molecule has 2 fully saturated rings. The first-order chi connectivity index (χ1) is 16.5. The largest absolute Gasteiger partial charge is 0.379 e. The lowest BCUT2D eigenvalue weighted by molar-refractivity contribution is 0.0730. The number of benzene rings is 2. The van der Waals surface area contributed by atoms with Gasteiger partial charge in [-0.1, -0.05) is 0 Å². The molecule has 0 aliphatic carbocycles. The molecule has 0 spiro atoms. The summed E-state index contributed by atoms with van der Waals surface area (Å²) < 4.78 is 34.9. The highest BCUT2D eigenvalue weighted by atomic mass is 32.2. The van der Waals surface area contributed by atoms with Gasteiger partial charge in [0.2, 0.25) is 10.0 Å². The zero-order chi connectivity index (χ0) is 23.5. The molecule has 0 saturated carbocycles. The van der Waals surface area contributed by atoms with Crippen molar-refractivity contribution in [2.24, 2.45) is 0 Å². The van der Waals surface area contributed by atoms with Gasteiger partial charge >= 0.3 is 0 Å². The summed E-state index contributed by atoms with van der Waals surface area (Å²) in [5.74, 6) is -0.298. The molecular weight excluding hydrogens is 454 g/mol.